The Morgan fingerprint density at radius 2 is 1.90 bits per heavy atom. The van der Waals surface area contributed by atoms with E-state index in [1.54, 1.807) is 38.4 Å². The third kappa shape index (κ3) is 6.96. The van der Waals surface area contributed by atoms with Gasteiger partial charge in [0.2, 0.25) is 27.7 Å². The number of aromatic nitrogens is 1. The summed E-state index contributed by atoms with van der Waals surface area (Å²) in [6.45, 7) is 5.36. The summed E-state index contributed by atoms with van der Waals surface area (Å²) in [5.74, 6) is -1.86. The molecule has 2 aromatic rings. The Bertz CT molecular complexity index is 1830. The molecule has 0 unspecified atom stereocenters. The van der Waals surface area contributed by atoms with E-state index in [0.717, 1.165) is 11.8 Å². The Morgan fingerprint density at radius 1 is 1.14 bits per heavy atom. The number of rotatable bonds is 7. The number of hydrogen-bond donors (Lipinski definition) is 4. The summed E-state index contributed by atoms with van der Waals surface area (Å²) >= 11 is 0. The number of methoxy groups -OCH3 is 1. The molecular weight excluding hydrogens is 666 g/mol. The molecule has 50 heavy (non-hydrogen) atoms. The van der Waals surface area contributed by atoms with Gasteiger partial charge in [-0.2, -0.15) is 0 Å². The van der Waals surface area contributed by atoms with Crippen LogP contribution in [-0.4, -0.2) is 89.4 Å². The number of nitrogens with zero attached hydrogens (tertiary/aromatic N) is 2. The largest absolute Gasteiger partial charge is 0.497 e. The maximum atomic E-state index is 14.3. The third-order valence-corrected chi connectivity index (χ3v) is 12.9. The van der Waals surface area contributed by atoms with Gasteiger partial charge in [0.15, 0.2) is 0 Å². The number of ether oxygens (including phenoxy) is 2. The lowest BCUT2D eigenvalue weighted by Gasteiger charge is -2.32. The molecule has 7 atom stereocenters. The summed E-state index contributed by atoms with van der Waals surface area (Å²) in [6, 6.07) is 4.91. The number of sulfonamides is 1. The topological polar surface area (TPSA) is 193 Å². The second-order valence-electron chi connectivity index (χ2n) is 14.6. The van der Waals surface area contributed by atoms with Crippen LogP contribution in [0.5, 0.6) is 11.6 Å². The fraction of sp³-hybridized carbons (Fsp3) is 0.571. The van der Waals surface area contributed by atoms with Crippen molar-refractivity contribution in [3.05, 3.63) is 42.6 Å². The normalized spacial score (nSPS) is 30.9. The van der Waals surface area contributed by atoms with Gasteiger partial charge in [-0.15, -0.1) is 0 Å². The van der Waals surface area contributed by atoms with Gasteiger partial charge in [-0.05, 0) is 86.9 Å². The molecule has 2 aliphatic heterocycles. The molecule has 1 aromatic heterocycles. The van der Waals surface area contributed by atoms with Gasteiger partial charge in [-0.25, -0.2) is 18.2 Å². The van der Waals surface area contributed by atoms with Crippen LogP contribution in [0.2, 0.25) is 0 Å². The molecule has 0 bridgehead atoms. The third-order valence-electron chi connectivity index (χ3n) is 10.7. The van der Waals surface area contributed by atoms with E-state index in [4.69, 9.17) is 9.47 Å². The average Bonchev–Trinajstić information content (AvgIpc) is 3.95. The maximum absolute atomic E-state index is 14.3. The smallest absolute Gasteiger partial charge is 0.405 e. The molecule has 4 amide bonds. The highest BCUT2D eigenvalue weighted by molar-refractivity contribution is 7.91. The van der Waals surface area contributed by atoms with E-state index in [0.29, 0.717) is 36.8 Å². The first-order valence-corrected chi connectivity index (χ1v) is 18.6. The van der Waals surface area contributed by atoms with E-state index >= 15 is 0 Å². The van der Waals surface area contributed by atoms with Gasteiger partial charge in [0.25, 0.3) is 5.91 Å². The van der Waals surface area contributed by atoms with Crippen LogP contribution in [0.25, 0.3) is 10.8 Å². The van der Waals surface area contributed by atoms with Crippen molar-refractivity contribution >= 4 is 44.6 Å². The lowest BCUT2D eigenvalue weighted by Crippen LogP contribution is -2.59. The highest BCUT2D eigenvalue weighted by atomic mass is 32.2. The molecule has 0 spiro atoms. The second kappa shape index (κ2) is 13.4. The van der Waals surface area contributed by atoms with Gasteiger partial charge in [0, 0.05) is 23.9 Å². The summed E-state index contributed by atoms with van der Waals surface area (Å²) in [7, 11) is -2.43. The first-order chi connectivity index (χ1) is 23.7. The molecule has 0 radical (unpaired) electrons. The lowest BCUT2D eigenvalue weighted by molar-refractivity contribution is -0.142. The van der Waals surface area contributed by atoms with Crippen molar-refractivity contribution in [1.82, 2.24) is 25.2 Å². The number of benzene rings is 1. The summed E-state index contributed by atoms with van der Waals surface area (Å²) < 4.78 is 39.0. The molecule has 15 heteroatoms. The summed E-state index contributed by atoms with van der Waals surface area (Å²) in [6.07, 6.45) is 6.28. The molecule has 1 aromatic carbocycles. The number of nitrogens with one attached hydrogen (secondary N) is 3. The zero-order valence-corrected chi connectivity index (χ0v) is 29.5. The van der Waals surface area contributed by atoms with Crippen molar-refractivity contribution in [3.63, 3.8) is 0 Å². The van der Waals surface area contributed by atoms with E-state index in [1.807, 2.05) is 32.1 Å². The first-order valence-electron chi connectivity index (χ1n) is 17.1. The number of carbonyl (C=O) groups is 4. The van der Waals surface area contributed by atoms with E-state index in [9.17, 15) is 32.7 Å². The van der Waals surface area contributed by atoms with E-state index in [2.05, 4.69) is 20.3 Å². The Balaban J connectivity index is 1.33. The van der Waals surface area contributed by atoms with Crippen LogP contribution in [0.3, 0.4) is 0 Å². The number of pyridine rings is 1. The molecule has 6 rings (SSSR count). The van der Waals surface area contributed by atoms with Crippen LogP contribution >= 0.6 is 0 Å². The highest BCUT2D eigenvalue weighted by Crippen LogP contribution is 2.47. The molecule has 4 aliphatic rings. The minimum absolute atomic E-state index is 0.0188. The summed E-state index contributed by atoms with van der Waals surface area (Å²) in [5, 5.41) is 16.5. The monoisotopic (exact) mass is 711 g/mol. The van der Waals surface area contributed by atoms with Crippen LogP contribution in [-0.2, 0) is 24.4 Å². The molecule has 2 saturated carbocycles. The van der Waals surface area contributed by atoms with Crippen molar-refractivity contribution < 1.29 is 42.2 Å². The van der Waals surface area contributed by atoms with E-state index < -0.39 is 74.1 Å². The second-order valence-corrected chi connectivity index (χ2v) is 16.8. The van der Waals surface area contributed by atoms with Gasteiger partial charge in [-0.3, -0.25) is 19.1 Å². The molecule has 1 saturated heterocycles. The van der Waals surface area contributed by atoms with Gasteiger partial charge in [0.05, 0.1) is 18.4 Å². The lowest BCUT2D eigenvalue weighted by atomic mass is 9.88. The van der Waals surface area contributed by atoms with Crippen LogP contribution in [0.4, 0.5) is 4.79 Å². The Labute approximate surface area is 291 Å². The molecule has 14 nitrogen and oxygen atoms in total. The maximum Gasteiger partial charge on any atom is 0.405 e. The summed E-state index contributed by atoms with van der Waals surface area (Å²) in [4.78, 5) is 60.0. The van der Waals surface area contributed by atoms with Crippen molar-refractivity contribution in [3.8, 4) is 11.6 Å². The molecule has 2 aliphatic carbocycles. The standard InChI is InChI=1S/C35H45N5O9S/c1-20-7-5-6-8-23-18-35(23,32(43)39-50(46,47)34(3)12-13-34)38-29(41)27-17-25(19-40(27)31(42)28(21(2)15-20)37-33(44)45)49-30-26-10-9-24(48-4)16-22(26)11-14-36-30/h6,8-11,14,16,20-21,23,25,27-28,37H,5,7,12-13,15,17-19H2,1-4H3,(H,38,41)(H,39,43)(H,44,45)/t20-,21-,23-,25-,27+,28+,35-/m1/s1. The van der Waals surface area contributed by atoms with Gasteiger partial charge < -0.3 is 30.1 Å². The fourth-order valence-corrected chi connectivity index (χ4v) is 8.55. The predicted octanol–water partition coefficient (Wildman–Crippen LogP) is 3.11. The minimum Gasteiger partial charge on any atom is -0.497 e. The van der Waals surface area contributed by atoms with Gasteiger partial charge in [0.1, 0.15) is 29.5 Å². The van der Waals surface area contributed by atoms with E-state index in [1.165, 1.54) is 4.90 Å². The number of carboxylic acid groups (broad SMARTS) is 1. The zero-order chi connectivity index (χ0) is 36.0. The Hall–Kier alpha value is -4.40. The predicted molar refractivity (Wildman–Crippen MR) is 183 cm³/mol. The molecule has 4 N–H and O–H groups in total. The number of allylic oxidation sites excluding steroid dienone is 1. The summed E-state index contributed by atoms with van der Waals surface area (Å²) in [5.41, 5.74) is -1.53. The van der Waals surface area contributed by atoms with Crippen LogP contribution < -0.4 is 24.8 Å². The van der Waals surface area contributed by atoms with Crippen molar-refractivity contribution in [2.75, 3.05) is 13.7 Å². The SMILES string of the molecule is COc1ccc2c(O[C@@H]3C[C@H]4C(=O)N[C@]5(C(=O)NS(=O)(=O)C6(C)CC6)C[C@H]5C=CCC[C@@H](C)C[C@@H](C)[C@H](NC(=O)O)C(=O)N4C3)nccc2c1. The molecule has 3 fully saturated rings. The number of hydrogen-bond acceptors (Lipinski definition) is 9. The van der Waals surface area contributed by atoms with Crippen molar-refractivity contribution in [2.45, 2.75) is 94.2 Å². The van der Waals surface area contributed by atoms with Gasteiger partial charge >= 0.3 is 6.09 Å². The quantitative estimate of drug-likeness (QED) is 0.310. The van der Waals surface area contributed by atoms with E-state index in [-0.39, 0.29) is 31.2 Å². The zero-order valence-electron chi connectivity index (χ0n) is 28.7. The number of fused-ring (bicyclic) bond motifs is 3. The molecule has 3 heterocycles. The number of amides is 4. The molecule has 270 valence electrons. The van der Waals surface area contributed by atoms with Crippen molar-refractivity contribution in [1.29, 1.82) is 0 Å². The average molecular weight is 712 g/mol. The Kier molecular flexibility index (Phi) is 9.48. The van der Waals surface area contributed by atoms with Crippen LogP contribution in [0.15, 0.2) is 42.6 Å². The van der Waals surface area contributed by atoms with Crippen LogP contribution in [0, 0.1) is 17.8 Å². The minimum atomic E-state index is -3.99. The van der Waals surface area contributed by atoms with Crippen LogP contribution in [0.1, 0.15) is 65.7 Å². The Morgan fingerprint density at radius 3 is 2.60 bits per heavy atom. The molecular formula is C35H45N5O9S. The number of carbonyl (C=O) groups excluding carboxylic acids is 3. The van der Waals surface area contributed by atoms with Crippen molar-refractivity contribution in [2.24, 2.45) is 17.8 Å². The van der Waals surface area contributed by atoms with Gasteiger partial charge in [-0.1, -0.05) is 26.0 Å². The highest BCUT2D eigenvalue weighted by Gasteiger charge is 2.63. The first kappa shape index (κ1) is 35.4. The fourth-order valence-electron chi connectivity index (χ4n) is 7.24.